The number of nitrogens with zero attached hydrogens (tertiary/aromatic N) is 1. The molecule has 0 radical (unpaired) electrons. The Bertz CT molecular complexity index is 388. The number of hydrogen-bond acceptors (Lipinski definition) is 2. The zero-order valence-corrected chi connectivity index (χ0v) is 8.41. The number of Topliss-reactive ketones (excluding diaryl/α,β-unsaturated/α-hetero) is 1. The smallest absolute Gasteiger partial charge is 0.176 e. The summed E-state index contributed by atoms with van der Waals surface area (Å²) in [6.45, 7) is 7.47. The molecule has 0 amide bonds. The summed E-state index contributed by atoms with van der Waals surface area (Å²) in [5.74, 6) is -0.0388. The Balaban J connectivity index is 3.33. The monoisotopic (exact) mass is 191 g/mol. The lowest BCUT2D eigenvalue weighted by Crippen LogP contribution is -2.06. The first kappa shape index (κ1) is 10.4. The van der Waals surface area contributed by atoms with E-state index in [1.165, 1.54) is 6.92 Å². The highest BCUT2D eigenvalue weighted by Gasteiger charge is 2.12. The molecule has 0 saturated carbocycles. The molecular weight excluding hydrogens is 178 g/mol. The van der Waals surface area contributed by atoms with Crippen LogP contribution in [0.4, 0.5) is 0 Å². The maximum atomic E-state index is 11.3. The van der Waals surface area contributed by atoms with Crippen molar-refractivity contribution in [2.75, 3.05) is 0 Å². The first-order valence-electron chi connectivity index (χ1n) is 4.39. The van der Waals surface area contributed by atoms with Crippen molar-refractivity contribution >= 4 is 12.1 Å². The van der Waals surface area contributed by atoms with Gasteiger partial charge in [-0.3, -0.25) is 9.59 Å². The number of rotatable bonds is 4. The molecule has 14 heavy (non-hydrogen) atoms. The summed E-state index contributed by atoms with van der Waals surface area (Å²) < 4.78 is 1.79. The third-order valence-corrected chi connectivity index (χ3v) is 2.21. The van der Waals surface area contributed by atoms with E-state index in [0.717, 1.165) is 12.0 Å². The van der Waals surface area contributed by atoms with Gasteiger partial charge < -0.3 is 4.57 Å². The number of allylic oxidation sites excluding steroid dienone is 1. The van der Waals surface area contributed by atoms with Gasteiger partial charge in [-0.2, -0.15) is 0 Å². The number of hydrogen-bond donors (Lipinski definition) is 0. The number of aldehydes is 1. The Labute approximate surface area is 83.0 Å². The predicted molar refractivity (Wildman–Crippen MR) is 54.8 cm³/mol. The van der Waals surface area contributed by atoms with Gasteiger partial charge in [-0.25, -0.2) is 0 Å². The molecule has 0 unspecified atom stereocenters. The highest BCUT2D eigenvalue weighted by Crippen LogP contribution is 2.14. The van der Waals surface area contributed by atoms with Crippen LogP contribution in [0, 0.1) is 6.92 Å². The molecule has 0 fully saturated rings. The predicted octanol–water partition coefficient (Wildman–Crippen LogP) is 2.00. The molecule has 0 bridgehead atoms. The summed E-state index contributed by atoms with van der Waals surface area (Å²) in [5.41, 5.74) is 1.94. The molecule has 3 heteroatoms. The van der Waals surface area contributed by atoms with Crippen molar-refractivity contribution in [1.82, 2.24) is 4.57 Å². The molecule has 0 aromatic carbocycles. The molecular formula is C11H13NO2. The zero-order valence-electron chi connectivity index (χ0n) is 8.41. The molecule has 3 nitrogen and oxygen atoms in total. The summed E-state index contributed by atoms with van der Waals surface area (Å²) >= 11 is 0. The van der Waals surface area contributed by atoms with Gasteiger partial charge >= 0.3 is 0 Å². The largest absolute Gasteiger partial charge is 0.338 e. The van der Waals surface area contributed by atoms with Gasteiger partial charge in [-0.15, -0.1) is 6.58 Å². The molecule has 0 aliphatic heterocycles. The molecule has 1 aromatic rings. The van der Waals surface area contributed by atoms with Gasteiger partial charge in [-0.05, 0) is 13.0 Å². The minimum atomic E-state index is -0.0388. The van der Waals surface area contributed by atoms with Crippen LogP contribution in [0.1, 0.15) is 33.5 Å². The fraction of sp³-hybridized carbons (Fsp3) is 0.273. The maximum absolute atomic E-state index is 11.3. The van der Waals surface area contributed by atoms with E-state index >= 15 is 0 Å². The van der Waals surface area contributed by atoms with E-state index in [-0.39, 0.29) is 5.78 Å². The van der Waals surface area contributed by atoms with E-state index in [9.17, 15) is 9.59 Å². The molecule has 1 rings (SSSR count). The van der Waals surface area contributed by atoms with Gasteiger partial charge in [0.2, 0.25) is 0 Å². The number of carbonyl (C=O) groups is 2. The average Bonchev–Trinajstić information content (AvgIpc) is 2.45. The SMILES string of the molecule is C=CCn1c(C(C)=O)cc(C=O)c1C. The lowest BCUT2D eigenvalue weighted by Gasteiger charge is -2.05. The highest BCUT2D eigenvalue weighted by atomic mass is 16.1. The fourth-order valence-corrected chi connectivity index (χ4v) is 1.44. The van der Waals surface area contributed by atoms with Crippen molar-refractivity contribution < 1.29 is 9.59 Å². The van der Waals surface area contributed by atoms with Crippen LogP contribution in [0.25, 0.3) is 0 Å². The summed E-state index contributed by atoms with van der Waals surface area (Å²) in [7, 11) is 0. The second-order valence-electron chi connectivity index (χ2n) is 3.14. The summed E-state index contributed by atoms with van der Waals surface area (Å²) in [4.78, 5) is 21.9. The van der Waals surface area contributed by atoms with Gasteiger partial charge in [0.15, 0.2) is 12.1 Å². The molecule has 0 spiro atoms. The Kier molecular flexibility index (Phi) is 3.02. The molecule has 74 valence electrons. The molecule has 0 saturated heterocycles. The lowest BCUT2D eigenvalue weighted by atomic mass is 10.2. The van der Waals surface area contributed by atoms with Crippen LogP contribution in [0.5, 0.6) is 0 Å². The van der Waals surface area contributed by atoms with Crippen molar-refractivity contribution in [1.29, 1.82) is 0 Å². The topological polar surface area (TPSA) is 39.1 Å². The Morgan fingerprint density at radius 1 is 1.64 bits per heavy atom. The Morgan fingerprint density at radius 2 is 2.29 bits per heavy atom. The fourth-order valence-electron chi connectivity index (χ4n) is 1.44. The van der Waals surface area contributed by atoms with Crippen molar-refractivity contribution in [2.45, 2.75) is 20.4 Å². The van der Waals surface area contributed by atoms with E-state index < -0.39 is 0 Å². The first-order valence-corrected chi connectivity index (χ1v) is 4.39. The van der Waals surface area contributed by atoms with Crippen LogP contribution in [-0.4, -0.2) is 16.6 Å². The van der Waals surface area contributed by atoms with E-state index in [4.69, 9.17) is 0 Å². The van der Waals surface area contributed by atoms with Gasteiger partial charge in [0, 0.05) is 24.7 Å². The number of aromatic nitrogens is 1. The van der Waals surface area contributed by atoms with Crippen LogP contribution < -0.4 is 0 Å². The van der Waals surface area contributed by atoms with Crippen LogP contribution in [0.15, 0.2) is 18.7 Å². The van der Waals surface area contributed by atoms with Crippen molar-refractivity contribution in [2.24, 2.45) is 0 Å². The van der Waals surface area contributed by atoms with E-state index in [1.54, 1.807) is 16.7 Å². The van der Waals surface area contributed by atoms with E-state index in [2.05, 4.69) is 6.58 Å². The molecule has 0 aliphatic carbocycles. The summed E-state index contributed by atoms with van der Waals surface area (Å²) in [5, 5.41) is 0. The molecule has 1 aromatic heterocycles. The molecule has 0 aliphatic rings. The third-order valence-electron chi connectivity index (χ3n) is 2.21. The van der Waals surface area contributed by atoms with Gasteiger partial charge in [-0.1, -0.05) is 6.08 Å². The normalized spacial score (nSPS) is 9.86. The summed E-state index contributed by atoms with van der Waals surface area (Å²) in [6, 6.07) is 1.62. The Hall–Kier alpha value is -1.64. The first-order chi connectivity index (χ1) is 6.61. The maximum Gasteiger partial charge on any atom is 0.176 e. The third kappa shape index (κ3) is 1.66. The van der Waals surface area contributed by atoms with Crippen LogP contribution in [0.2, 0.25) is 0 Å². The average molecular weight is 191 g/mol. The Morgan fingerprint density at radius 3 is 2.71 bits per heavy atom. The van der Waals surface area contributed by atoms with Crippen molar-refractivity contribution in [3.63, 3.8) is 0 Å². The second kappa shape index (κ2) is 4.05. The standard InChI is InChI=1S/C11H13NO2/c1-4-5-12-8(2)10(7-13)6-11(12)9(3)14/h4,6-7H,1,5H2,2-3H3. The number of ketones is 1. The molecule has 1 heterocycles. The molecule has 0 atom stereocenters. The van der Waals surface area contributed by atoms with Crippen LogP contribution in [-0.2, 0) is 6.54 Å². The van der Waals surface area contributed by atoms with E-state index in [0.29, 0.717) is 17.8 Å². The van der Waals surface area contributed by atoms with Gasteiger partial charge in [0.1, 0.15) is 0 Å². The minimum absolute atomic E-state index is 0.0388. The van der Waals surface area contributed by atoms with E-state index in [1.807, 2.05) is 6.92 Å². The minimum Gasteiger partial charge on any atom is -0.338 e. The summed E-state index contributed by atoms with van der Waals surface area (Å²) in [6.07, 6.45) is 2.47. The van der Waals surface area contributed by atoms with Crippen LogP contribution in [0.3, 0.4) is 0 Å². The second-order valence-corrected chi connectivity index (χ2v) is 3.14. The lowest BCUT2D eigenvalue weighted by molar-refractivity contribution is 0.100. The van der Waals surface area contributed by atoms with Gasteiger partial charge in [0.05, 0.1) is 5.69 Å². The zero-order chi connectivity index (χ0) is 10.7. The van der Waals surface area contributed by atoms with Crippen molar-refractivity contribution in [3.8, 4) is 0 Å². The highest BCUT2D eigenvalue weighted by molar-refractivity contribution is 5.95. The van der Waals surface area contributed by atoms with Crippen LogP contribution >= 0.6 is 0 Å². The number of carbonyl (C=O) groups excluding carboxylic acids is 2. The van der Waals surface area contributed by atoms with Crippen molar-refractivity contribution in [3.05, 3.63) is 35.7 Å². The quantitative estimate of drug-likeness (QED) is 0.415. The van der Waals surface area contributed by atoms with Gasteiger partial charge in [0.25, 0.3) is 0 Å². The molecule has 0 N–H and O–H groups in total.